The lowest BCUT2D eigenvalue weighted by Crippen LogP contribution is -2.31. The van der Waals surface area contributed by atoms with Crippen LogP contribution in [0, 0.1) is 0 Å². The summed E-state index contributed by atoms with van der Waals surface area (Å²) in [5.74, 6) is 0. The fourth-order valence-electron chi connectivity index (χ4n) is 5.89. The van der Waals surface area contributed by atoms with E-state index in [1.54, 1.807) is 0 Å². The number of rotatable bonds is 3. The zero-order valence-electron chi connectivity index (χ0n) is 18.8. The highest BCUT2D eigenvalue weighted by Crippen LogP contribution is 2.57. The third kappa shape index (κ3) is 2.75. The molecule has 0 spiro atoms. The van der Waals surface area contributed by atoms with Gasteiger partial charge in [0.2, 0.25) is 0 Å². The lowest BCUT2D eigenvalue weighted by molar-refractivity contribution is 0.426. The smallest absolute Gasteiger partial charge is 0.456 e. The second-order valence-corrected chi connectivity index (χ2v) is 9.15. The van der Waals surface area contributed by atoms with E-state index < -0.39 is 12.5 Å². The van der Waals surface area contributed by atoms with Gasteiger partial charge < -0.3 is 14.5 Å². The van der Waals surface area contributed by atoms with E-state index >= 15 is 0 Å². The summed E-state index contributed by atoms with van der Waals surface area (Å²) in [6.07, 6.45) is 0. The highest BCUT2D eigenvalue weighted by molar-refractivity contribution is 6.58. The highest BCUT2D eigenvalue weighted by atomic mass is 16.4. The molecule has 5 aromatic carbocycles. The molecule has 0 atom stereocenters. The zero-order valence-corrected chi connectivity index (χ0v) is 18.8. The molecule has 0 unspecified atom stereocenters. The normalized spacial score (nSPS) is 13.7. The van der Waals surface area contributed by atoms with E-state index in [2.05, 4.69) is 66.7 Å². The summed E-state index contributed by atoms with van der Waals surface area (Å²) >= 11 is 0. The maximum Gasteiger partial charge on any atom is 0.488 e. The maximum atomic E-state index is 9.97. The van der Waals surface area contributed by atoms with Gasteiger partial charge in [-0.2, -0.15) is 0 Å². The quantitative estimate of drug-likeness (QED) is 0.342. The summed E-state index contributed by atoms with van der Waals surface area (Å²) < 4.78 is 6.25. The van der Waals surface area contributed by atoms with Crippen molar-refractivity contribution in [3.8, 4) is 11.1 Å². The van der Waals surface area contributed by atoms with Crippen molar-refractivity contribution >= 4 is 34.5 Å². The van der Waals surface area contributed by atoms with Crippen LogP contribution in [0.3, 0.4) is 0 Å². The molecule has 1 aliphatic carbocycles. The second-order valence-electron chi connectivity index (χ2n) is 9.15. The van der Waals surface area contributed by atoms with E-state index in [0.29, 0.717) is 5.46 Å². The van der Waals surface area contributed by atoms with Gasteiger partial charge in [0.25, 0.3) is 0 Å². The number of furan rings is 1. The van der Waals surface area contributed by atoms with Crippen LogP contribution in [0.15, 0.2) is 120 Å². The summed E-state index contributed by atoms with van der Waals surface area (Å²) in [4.78, 5) is 0. The van der Waals surface area contributed by atoms with Crippen LogP contribution in [-0.2, 0) is 5.41 Å². The Kier molecular flexibility index (Phi) is 4.31. The maximum absolute atomic E-state index is 9.97. The Morgan fingerprint density at radius 3 is 1.86 bits per heavy atom. The van der Waals surface area contributed by atoms with Crippen LogP contribution >= 0.6 is 0 Å². The molecule has 0 saturated carbocycles. The zero-order chi connectivity index (χ0) is 23.6. The number of fused-ring (bicyclic) bond motifs is 6. The average molecular weight is 452 g/mol. The lowest BCUT2D eigenvalue weighted by atomic mass is 9.67. The van der Waals surface area contributed by atoms with Gasteiger partial charge in [0.1, 0.15) is 11.2 Å². The van der Waals surface area contributed by atoms with Gasteiger partial charge in [-0.05, 0) is 57.0 Å². The van der Waals surface area contributed by atoms with Crippen molar-refractivity contribution in [1.82, 2.24) is 0 Å². The van der Waals surface area contributed by atoms with Crippen LogP contribution in [-0.4, -0.2) is 17.2 Å². The minimum absolute atomic E-state index is 0.469. The first-order chi connectivity index (χ1) is 17.2. The van der Waals surface area contributed by atoms with Crippen LogP contribution in [0.1, 0.15) is 22.3 Å². The molecule has 7 rings (SSSR count). The van der Waals surface area contributed by atoms with E-state index in [9.17, 15) is 10.0 Å². The minimum atomic E-state index is -1.54. The highest BCUT2D eigenvalue weighted by Gasteiger charge is 2.46. The van der Waals surface area contributed by atoms with E-state index in [4.69, 9.17) is 4.42 Å². The summed E-state index contributed by atoms with van der Waals surface area (Å²) in [5, 5.41) is 22.1. The molecule has 6 aromatic rings. The van der Waals surface area contributed by atoms with Crippen molar-refractivity contribution in [3.63, 3.8) is 0 Å². The molecule has 1 aliphatic rings. The predicted molar refractivity (Wildman–Crippen MR) is 141 cm³/mol. The van der Waals surface area contributed by atoms with Gasteiger partial charge in [-0.25, -0.2) is 0 Å². The molecule has 166 valence electrons. The van der Waals surface area contributed by atoms with E-state index in [-0.39, 0.29) is 0 Å². The Labute approximate surface area is 203 Å². The van der Waals surface area contributed by atoms with Gasteiger partial charge >= 0.3 is 7.12 Å². The fourth-order valence-corrected chi connectivity index (χ4v) is 5.89. The summed E-state index contributed by atoms with van der Waals surface area (Å²) in [6.45, 7) is 0. The third-order valence-corrected chi connectivity index (χ3v) is 7.37. The Morgan fingerprint density at radius 2 is 1.17 bits per heavy atom. The molecule has 0 radical (unpaired) electrons. The van der Waals surface area contributed by atoms with E-state index in [1.165, 1.54) is 0 Å². The summed E-state index contributed by atoms with van der Waals surface area (Å²) in [5.41, 5.74) is 8.22. The SMILES string of the molecule is OB(O)c1ccc2c(c1)-c1cc3oc4ccccc4c3cc1C2(c1ccccc1)c1ccccc1. The number of benzene rings is 5. The molecular weight excluding hydrogens is 431 g/mol. The molecular formula is C31H21BO3. The van der Waals surface area contributed by atoms with Crippen molar-refractivity contribution in [1.29, 1.82) is 0 Å². The topological polar surface area (TPSA) is 53.6 Å². The van der Waals surface area contributed by atoms with Gasteiger partial charge in [-0.3, -0.25) is 0 Å². The average Bonchev–Trinajstić information content (AvgIpc) is 3.41. The lowest BCUT2D eigenvalue weighted by Gasteiger charge is -2.34. The molecule has 1 aromatic heterocycles. The number of hydrogen-bond donors (Lipinski definition) is 2. The summed E-state index contributed by atoms with van der Waals surface area (Å²) in [7, 11) is -1.54. The Morgan fingerprint density at radius 1 is 0.543 bits per heavy atom. The standard InChI is InChI=1S/C31H21BO3/c33-32(34)22-15-16-27-24(17-22)25-19-30-26(23-13-7-8-14-29(23)35-30)18-28(25)31(27,20-9-3-1-4-10-20)21-11-5-2-6-12-21/h1-19,33-34H. The first kappa shape index (κ1) is 20.3. The van der Waals surface area contributed by atoms with E-state index in [1.807, 2.05) is 48.5 Å². The Hall–Kier alpha value is -4.12. The molecule has 1 heterocycles. The molecule has 0 saturated heterocycles. The molecule has 0 amide bonds. The van der Waals surface area contributed by atoms with Crippen molar-refractivity contribution in [3.05, 3.63) is 138 Å². The fraction of sp³-hybridized carbons (Fsp3) is 0.0323. The summed E-state index contributed by atoms with van der Waals surface area (Å²) in [6, 6.07) is 39.4. The minimum Gasteiger partial charge on any atom is -0.456 e. The largest absolute Gasteiger partial charge is 0.488 e. The van der Waals surface area contributed by atoms with Gasteiger partial charge in [-0.1, -0.05) is 97.1 Å². The van der Waals surface area contributed by atoms with Gasteiger partial charge in [0.05, 0.1) is 5.41 Å². The second kappa shape index (κ2) is 7.44. The van der Waals surface area contributed by atoms with Gasteiger partial charge in [0, 0.05) is 10.8 Å². The van der Waals surface area contributed by atoms with Crippen LogP contribution in [0.5, 0.6) is 0 Å². The third-order valence-electron chi connectivity index (χ3n) is 7.37. The Bertz CT molecular complexity index is 1680. The molecule has 0 fully saturated rings. The van der Waals surface area contributed by atoms with Crippen LogP contribution in [0.2, 0.25) is 0 Å². The van der Waals surface area contributed by atoms with Crippen LogP contribution < -0.4 is 5.46 Å². The van der Waals surface area contributed by atoms with Crippen molar-refractivity contribution in [2.45, 2.75) is 5.41 Å². The first-order valence-electron chi connectivity index (χ1n) is 11.8. The molecule has 0 bridgehead atoms. The van der Waals surface area contributed by atoms with Gasteiger partial charge in [-0.15, -0.1) is 0 Å². The molecule has 4 heteroatoms. The van der Waals surface area contributed by atoms with Gasteiger partial charge in [0.15, 0.2) is 0 Å². The number of para-hydroxylation sites is 1. The van der Waals surface area contributed by atoms with Crippen molar-refractivity contribution < 1.29 is 14.5 Å². The molecule has 35 heavy (non-hydrogen) atoms. The Balaban J connectivity index is 1.68. The molecule has 0 aliphatic heterocycles. The van der Waals surface area contributed by atoms with Crippen molar-refractivity contribution in [2.24, 2.45) is 0 Å². The predicted octanol–water partition coefficient (Wildman–Crippen LogP) is 5.63. The van der Waals surface area contributed by atoms with Crippen molar-refractivity contribution in [2.75, 3.05) is 0 Å². The first-order valence-corrected chi connectivity index (χ1v) is 11.8. The number of hydrogen-bond acceptors (Lipinski definition) is 3. The van der Waals surface area contributed by atoms with Crippen LogP contribution in [0.25, 0.3) is 33.1 Å². The monoisotopic (exact) mass is 452 g/mol. The van der Waals surface area contributed by atoms with E-state index in [0.717, 1.165) is 55.3 Å². The molecule has 2 N–H and O–H groups in total. The molecule has 3 nitrogen and oxygen atoms in total. The van der Waals surface area contributed by atoms with Crippen LogP contribution in [0.4, 0.5) is 0 Å².